The normalized spacial score (nSPS) is 21.1. The molecular formula is C16H19F3N2O3. The number of halogens is 3. The summed E-state index contributed by atoms with van der Waals surface area (Å²) >= 11 is 0. The van der Waals surface area contributed by atoms with Crippen LogP contribution in [-0.2, 0) is 11.2 Å². The van der Waals surface area contributed by atoms with Gasteiger partial charge in [0, 0.05) is 11.7 Å². The summed E-state index contributed by atoms with van der Waals surface area (Å²) in [5.74, 6) is -1.22. The van der Waals surface area contributed by atoms with Crippen LogP contribution < -0.4 is 10.6 Å². The average molecular weight is 344 g/mol. The van der Waals surface area contributed by atoms with Crippen molar-refractivity contribution < 1.29 is 27.9 Å². The third kappa shape index (κ3) is 5.43. The van der Waals surface area contributed by atoms with Gasteiger partial charge in [-0.05, 0) is 37.3 Å². The van der Waals surface area contributed by atoms with Gasteiger partial charge in [-0.1, -0.05) is 18.2 Å². The SMILES string of the molecule is O=C(Nc1ccccc1CC(F)(F)F)NC1CCC(C(=O)O)CC1. The van der Waals surface area contributed by atoms with Crippen molar-refractivity contribution in [1.82, 2.24) is 5.32 Å². The van der Waals surface area contributed by atoms with E-state index in [1.165, 1.54) is 18.2 Å². The number of benzene rings is 1. The molecule has 0 spiro atoms. The molecule has 3 N–H and O–H groups in total. The van der Waals surface area contributed by atoms with Gasteiger partial charge in [-0.3, -0.25) is 4.79 Å². The summed E-state index contributed by atoms with van der Waals surface area (Å²) < 4.78 is 37.7. The molecule has 1 saturated carbocycles. The molecule has 8 heteroatoms. The van der Waals surface area contributed by atoms with Crippen molar-refractivity contribution >= 4 is 17.7 Å². The van der Waals surface area contributed by atoms with Gasteiger partial charge in [0.05, 0.1) is 12.3 Å². The molecule has 5 nitrogen and oxygen atoms in total. The summed E-state index contributed by atoms with van der Waals surface area (Å²) in [5, 5.41) is 14.1. The van der Waals surface area contributed by atoms with E-state index >= 15 is 0 Å². The molecule has 0 bridgehead atoms. The smallest absolute Gasteiger partial charge is 0.393 e. The maximum absolute atomic E-state index is 12.6. The number of carbonyl (C=O) groups excluding carboxylic acids is 1. The van der Waals surface area contributed by atoms with E-state index in [9.17, 15) is 22.8 Å². The fraction of sp³-hybridized carbons (Fsp3) is 0.500. The summed E-state index contributed by atoms with van der Waals surface area (Å²) in [7, 11) is 0. The lowest BCUT2D eigenvalue weighted by Gasteiger charge is -2.27. The lowest BCUT2D eigenvalue weighted by atomic mass is 9.86. The minimum absolute atomic E-state index is 0.00487. The third-order valence-corrected chi connectivity index (χ3v) is 4.07. The molecular weight excluding hydrogens is 325 g/mol. The van der Waals surface area contributed by atoms with Crippen molar-refractivity contribution in [3.8, 4) is 0 Å². The lowest BCUT2D eigenvalue weighted by Crippen LogP contribution is -2.41. The van der Waals surface area contributed by atoms with Gasteiger partial charge in [0.1, 0.15) is 0 Å². The molecule has 1 aromatic carbocycles. The van der Waals surface area contributed by atoms with Crippen molar-refractivity contribution in [1.29, 1.82) is 0 Å². The summed E-state index contributed by atoms with van der Waals surface area (Å²) in [6.07, 6.45) is -3.45. The predicted octanol–water partition coefficient (Wildman–Crippen LogP) is 3.56. The highest BCUT2D eigenvalue weighted by molar-refractivity contribution is 5.90. The molecule has 132 valence electrons. The van der Waals surface area contributed by atoms with E-state index in [0.29, 0.717) is 25.7 Å². The Morgan fingerprint density at radius 3 is 2.33 bits per heavy atom. The highest BCUT2D eigenvalue weighted by Crippen LogP contribution is 2.27. The Hall–Kier alpha value is -2.25. The van der Waals surface area contributed by atoms with Gasteiger partial charge in [0.2, 0.25) is 0 Å². The Morgan fingerprint density at radius 2 is 1.75 bits per heavy atom. The highest BCUT2D eigenvalue weighted by Gasteiger charge is 2.29. The maximum atomic E-state index is 12.6. The van der Waals surface area contributed by atoms with E-state index in [-0.39, 0.29) is 17.3 Å². The second-order valence-corrected chi connectivity index (χ2v) is 5.93. The fourth-order valence-electron chi connectivity index (χ4n) is 2.84. The number of carbonyl (C=O) groups is 2. The van der Waals surface area contributed by atoms with Crippen LogP contribution in [0.25, 0.3) is 0 Å². The first-order valence-electron chi connectivity index (χ1n) is 7.69. The second kappa shape index (κ2) is 7.55. The van der Waals surface area contributed by atoms with Gasteiger partial charge in [0.15, 0.2) is 0 Å². The van der Waals surface area contributed by atoms with Crippen LogP contribution in [0.1, 0.15) is 31.2 Å². The Kier molecular flexibility index (Phi) is 5.69. The van der Waals surface area contributed by atoms with Crippen molar-refractivity contribution in [3.05, 3.63) is 29.8 Å². The van der Waals surface area contributed by atoms with Crippen LogP contribution >= 0.6 is 0 Å². The Morgan fingerprint density at radius 1 is 1.12 bits per heavy atom. The number of nitrogens with one attached hydrogen (secondary N) is 2. The first-order valence-corrected chi connectivity index (χ1v) is 7.69. The van der Waals surface area contributed by atoms with Gasteiger partial charge in [0.25, 0.3) is 0 Å². The number of carboxylic acid groups (broad SMARTS) is 1. The van der Waals surface area contributed by atoms with Crippen LogP contribution in [-0.4, -0.2) is 29.3 Å². The molecule has 0 heterocycles. The van der Waals surface area contributed by atoms with E-state index in [2.05, 4.69) is 10.6 Å². The van der Waals surface area contributed by atoms with Crippen molar-refractivity contribution in [2.75, 3.05) is 5.32 Å². The molecule has 0 saturated heterocycles. The van der Waals surface area contributed by atoms with Crippen molar-refractivity contribution in [2.45, 2.75) is 44.3 Å². The quantitative estimate of drug-likeness (QED) is 0.781. The van der Waals surface area contributed by atoms with E-state index in [4.69, 9.17) is 5.11 Å². The monoisotopic (exact) mass is 344 g/mol. The minimum atomic E-state index is -4.36. The average Bonchev–Trinajstić information content (AvgIpc) is 2.48. The van der Waals surface area contributed by atoms with Crippen molar-refractivity contribution in [3.63, 3.8) is 0 Å². The molecule has 0 unspecified atom stereocenters. The summed E-state index contributed by atoms with van der Waals surface area (Å²) in [5.41, 5.74) is 0.112. The van der Waals surface area contributed by atoms with E-state index < -0.39 is 30.5 Å². The predicted molar refractivity (Wildman–Crippen MR) is 81.7 cm³/mol. The highest BCUT2D eigenvalue weighted by atomic mass is 19.4. The molecule has 2 amide bonds. The fourth-order valence-corrected chi connectivity index (χ4v) is 2.84. The Balaban J connectivity index is 1.90. The first kappa shape index (κ1) is 18.1. The molecule has 0 aliphatic heterocycles. The van der Waals surface area contributed by atoms with Gasteiger partial charge >= 0.3 is 18.2 Å². The zero-order valence-corrected chi connectivity index (χ0v) is 12.9. The largest absolute Gasteiger partial charge is 0.481 e. The molecule has 24 heavy (non-hydrogen) atoms. The molecule has 1 aliphatic rings. The van der Waals surface area contributed by atoms with Gasteiger partial charge in [-0.15, -0.1) is 0 Å². The summed E-state index contributed by atoms with van der Waals surface area (Å²) in [6.45, 7) is 0. The van der Waals surface area contributed by atoms with Gasteiger partial charge in [-0.2, -0.15) is 13.2 Å². The Bertz CT molecular complexity index is 596. The van der Waals surface area contributed by atoms with Crippen LogP contribution in [0.5, 0.6) is 0 Å². The molecule has 1 fully saturated rings. The molecule has 1 aliphatic carbocycles. The van der Waals surface area contributed by atoms with Crippen LogP contribution in [0.3, 0.4) is 0 Å². The van der Waals surface area contributed by atoms with Crippen LogP contribution in [0.2, 0.25) is 0 Å². The molecule has 0 radical (unpaired) electrons. The Labute approximate surface area is 137 Å². The first-order chi connectivity index (χ1) is 11.2. The zero-order chi connectivity index (χ0) is 17.7. The van der Waals surface area contributed by atoms with E-state index in [1.54, 1.807) is 6.07 Å². The number of hydrogen-bond donors (Lipinski definition) is 3. The minimum Gasteiger partial charge on any atom is -0.481 e. The van der Waals surface area contributed by atoms with Gasteiger partial charge < -0.3 is 15.7 Å². The van der Waals surface area contributed by atoms with E-state index in [0.717, 1.165) is 0 Å². The number of amides is 2. The summed E-state index contributed by atoms with van der Waals surface area (Å²) in [4.78, 5) is 22.9. The van der Waals surface area contributed by atoms with Gasteiger partial charge in [-0.25, -0.2) is 4.79 Å². The van der Waals surface area contributed by atoms with Crippen LogP contribution in [0.15, 0.2) is 24.3 Å². The van der Waals surface area contributed by atoms with Crippen molar-refractivity contribution in [2.24, 2.45) is 5.92 Å². The topological polar surface area (TPSA) is 78.4 Å². The zero-order valence-electron chi connectivity index (χ0n) is 12.9. The number of rotatable bonds is 4. The molecule has 0 aromatic heterocycles. The number of para-hydroxylation sites is 1. The lowest BCUT2D eigenvalue weighted by molar-refractivity contribution is -0.142. The number of alkyl halides is 3. The standard InChI is InChI=1S/C16H19F3N2O3/c17-16(18,19)9-11-3-1-2-4-13(11)21-15(24)20-12-7-5-10(6-8-12)14(22)23/h1-4,10,12H,5-9H2,(H,22,23)(H2,20,21,24). The molecule has 1 aromatic rings. The number of urea groups is 1. The van der Waals surface area contributed by atoms with Crippen LogP contribution in [0, 0.1) is 5.92 Å². The molecule has 2 rings (SSSR count). The number of aliphatic carboxylic acids is 1. The number of carboxylic acids is 1. The summed E-state index contributed by atoms with van der Waals surface area (Å²) in [6, 6.07) is 5.02. The molecule has 0 atom stereocenters. The number of hydrogen-bond acceptors (Lipinski definition) is 2. The second-order valence-electron chi connectivity index (χ2n) is 5.93. The number of anilines is 1. The maximum Gasteiger partial charge on any atom is 0.393 e. The van der Waals surface area contributed by atoms with E-state index in [1.807, 2.05) is 0 Å². The third-order valence-electron chi connectivity index (χ3n) is 4.07. The van der Waals surface area contributed by atoms with Crippen LogP contribution in [0.4, 0.5) is 23.7 Å².